The van der Waals surface area contributed by atoms with Crippen molar-refractivity contribution in [2.75, 3.05) is 11.1 Å². The minimum atomic E-state index is -0.620. The molecule has 1 heterocycles. The van der Waals surface area contributed by atoms with Crippen molar-refractivity contribution in [3.05, 3.63) is 63.5 Å². The number of pyridine rings is 1. The molecule has 1 aromatic carbocycles. The first-order valence-corrected chi connectivity index (χ1v) is 7.29. The summed E-state index contributed by atoms with van der Waals surface area (Å²) in [5.41, 5.74) is -0.0477. The average molecular weight is 330 g/mol. The molecular formula is C14H10N4O4S. The van der Waals surface area contributed by atoms with E-state index in [0.717, 1.165) is 17.8 Å². The van der Waals surface area contributed by atoms with Crippen molar-refractivity contribution < 1.29 is 14.4 Å². The minimum Gasteiger partial charge on any atom is -0.618 e. The number of nitro benzene ring substituents is 1. The molecule has 2 rings (SSSR count). The largest absolute Gasteiger partial charge is 0.618 e. The molecule has 0 atom stereocenters. The van der Waals surface area contributed by atoms with E-state index in [-0.39, 0.29) is 22.7 Å². The summed E-state index contributed by atoms with van der Waals surface area (Å²) in [5.74, 6) is -0.460. The molecule has 2 aromatic rings. The Bertz CT molecular complexity index is 804. The molecule has 23 heavy (non-hydrogen) atoms. The number of nitro groups is 1. The number of amides is 1. The topological polar surface area (TPSA) is 123 Å². The van der Waals surface area contributed by atoms with Crippen LogP contribution in [0.3, 0.4) is 0 Å². The van der Waals surface area contributed by atoms with Crippen LogP contribution in [0.1, 0.15) is 5.56 Å². The van der Waals surface area contributed by atoms with Crippen LogP contribution in [0.5, 0.6) is 0 Å². The highest BCUT2D eigenvalue weighted by atomic mass is 32.2. The van der Waals surface area contributed by atoms with Gasteiger partial charge >= 0.3 is 0 Å². The van der Waals surface area contributed by atoms with Crippen LogP contribution in [0.2, 0.25) is 0 Å². The molecule has 0 aliphatic heterocycles. The fourth-order valence-corrected chi connectivity index (χ4v) is 2.41. The van der Waals surface area contributed by atoms with Crippen LogP contribution in [0.4, 0.5) is 11.4 Å². The summed E-state index contributed by atoms with van der Waals surface area (Å²) in [6.07, 6.45) is 1.32. The summed E-state index contributed by atoms with van der Waals surface area (Å²) >= 11 is 1.04. The summed E-state index contributed by atoms with van der Waals surface area (Å²) in [5, 5.41) is 34.0. The SMILES string of the molecule is N#Cc1cc([N+](=O)[O-])ccc1NC(=O)CSc1cccc[n+]1[O-]. The van der Waals surface area contributed by atoms with Crippen molar-refractivity contribution in [1.29, 1.82) is 5.26 Å². The molecule has 0 aliphatic carbocycles. The second-order valence-corrected chi connectivity index (χ2v) is 5.30. The predicted molar refractivity (Wildman–Crippen MR) is 82.6 cm³/mol. The summed E-state index contributed by atoms with van der Waals surface area (Å²) < 4.78 is 0.643. The number of hydrogen-bond acceptors (Lipinski definition) is 6. The van der Waals surface area contributed by atoms with Gasteiger partial charge in [-0.1, -0.05) is 0 Å². The smallest absolute Gasteiger partial charge is 0.270 e. The van der Waals surface area contributed by atoms with Gasteiger partial charge in [-0.2, -0.15) is 9.99 Å². The quantitative estimate of drug-likeness (QED) is 0.293. The summed E-state index contributed by atoms with van der Waals surface area (Å²) in [4.78, 5) is 21.9. The molecule has 1 amide bonds. The van der Waals surface area contributed by atoms with Gasteiger partial charge < -0.3 is 10.5 Å². The van der Waals surface area contributed by atoms with Gasteiger partial charge in [-0.3, -0.25) is 14.9 Å². The average Bonchev–Trinajstić information content (AvgIpc) is 2.54. The van der Waals surface area contributed by atoms with Crippen molar-refractivity contribution in [2.45, 2.75) is 5.03 Å². The number of hydrogen-bond donors (Lipinski definition) is 1. The molecule has 0 aliphatic rings. The molecule has 9 heteroatoms. The van der Waals surface area contributed by atoms with E-state index in [9.17, 15) is 20.1 Å². The van der Waals surface area contributed by atoms with Crippen LogP contribution in [-0.4, -0.2) is 16.6 Å². The van der Waals surface area contributed by atoms with E-state index in [2.05, 4.69) is 5.32 Å². The highest BCUT2D eigenvalue weighted by Crippen LogP contribution is 2.22. The fraction of sp³-hybridized carbons (Fsp3) is 0.0714. The number of carbonyl (C=O) groups excluding carboxylic acids is 1. The molecule has 0 spiro atoms. The van der Waals surface area contributed by atoms with Crippen LogP contribution in [0.25, 0.3) is 0 Å². The zero-order valence-electron chi connectivity index (χ0n) is 11.6. The Labute approximate surface area is 135 Å². The summed E-state index contributed by atoms with van der Waals surface area (Å²) in [7, 11) is 0. The third-order valence-electron chi connectivity index (χ3n) is 2.75. The molecular weight excluding hydrogens is 320 g/mol. The van der Waals surface area contributed by atoms with Crippen LogP contribution >= 0.6 is 11.8 Å². The van der Waals surface area contributed by atoms with E-state index in [4.69, 9.17) is 5.26 Å². The lowest BCUT2D eigenvalue weighted by atomic mass is 10.1. The number of nitrogens with zero attached hydrogens (tertiary/aromatic N) is 3. The van der Waals surface area contributed by atoms with Gasteiger partial charge in [0.2, 0.25) is 5.91 Å². The Balaban J connectivity index is 2.04. The number of rotatable bonds is 5. The molecule has 0 fully saturated rings. The lowest BCUT2D eigenvalue weighted by Gasteiger charge is -2.07. The number of aromatic nitrogens is 1. The van der Waals surface area contributed by atoms with E-state index in [1.165, 1.54) is 18.3 Å². The number of nitrogens with one attached hydrogen (secondary N) is 1. The first kappa shape index (κ1) is 16.3. The van der Waals surface area contributed by atoms with Crippen molar-refractivity contribution in [2.24, 2.45) is 0 Å². The molecule has 116 valence electrons. The van der Waals surface area contributed by atoms with Gasteiger partial charge in [0.1, 0.15) is 6.07 Å². The van der Waals surface area contributed by atoms with Gasteiger partial charge in [-0.05, 0) is 23.9 Å². The lowest BCUT2D eigenvalue weighted by molar-refractivity contribution is -0.645. The van der Waals surface area contributed by atoms with Crippen molar-refractivity contribution in [1.82, 2.24) is 0 Å². The molecule has 0 radical (unpaired) electrons. The molecule has 8 nitrogen and oxygen atoms in total. The second-order valence-electron chi connectivity index (χ2n) is 4.30. The normalized spacial score (nSPS) is 9.87. The van der Waals surface area contributed by atoms with E-state index in [1.807, 2.05) is 0 Å². The second kappa shape index (κ2) is 7.24. The van der Waals surface area contributed by atoms with E-state index in [1.54, 1.807) is 24.3 Å². The summed E-state index contributed by atoms with van der Waals surface area (Å²) in [6, 6.07) is 10.2. The number of benzene rings is 1. The van der Waals surface area contributed by atoms with Gasteiger partial charge in [0.25, 0.3) is 10.7 Å². The van der Waals surface area contributed by atoms with Gasteiger partial charge in [0.15, 0.2) is 6.20 Å². The number of thioether (sulfide) groups is 1. The monoisotopic (exact) mass is 330 g/mol. The summed E-state index contributed by atoms with van der Waals surface area (Å²) in [6.45, 7) is 0. The Morgan fingerprint density at radius 1 is 1.39 bits per heavy atom. The Hall–Kier alpha value is -3.12. The zero-order chi connectivity index (χ0) is 16.8. The molecule has 1 aromatic heterocycles. The lowest BCUT2D eigenvalue weighted by Crippen LogP contribution is -2.28. The van der Waals surface area contributed by atoms with E-state index < -0.39 is 10.8 Å². The third kappa shape index (κ3) is 4.18. The highest BCUT2D eigenvalue weighted by Gasteiger charge is 2.14. The number of nitriles is 1. The van der Waals surface area contributed by atoms with Gasteiger partial charge in [-0.25, -0.2) is 0 Å². The molecule has 1 N–H and O–H groups in total. The zero-order valence-corrected chi connectivity index (χ0v) is 12.4. The van der Waals surface area contributed by atoms with Crippen LogP contribution in [0.15, 0.2) is 47.6 Å². The molecule has 0 saturated carbocycles. The van der Waals surface area contributed by atoms with Gasteiger partial charge in [0, 0.05) is 24.3 Å². The van der Waals surface area contributed by atoms with E-state index >= 15 is 0 Å². The maximum atomic E-state index is 11.9. The molecule has 0 unspecified atom stereocenters. The standard InChI is InChI=1S/C14H10N4O4S/c15-8-10-7-11(18(21)22)4-5-12(10)16-13(19)9-23-14-3-1-2-6-17(14)20/h1-7H,9H2,(H,16,19). The van der Waals surface area contributed by atoms with Crippen LogP contribution < -0.4 is 10.0 Å². The molecule has 0 bridgehead atoms. The highest BCUT2D eigenvalue weighted by molar-refractivity contribution is 7.99. The Morgan fingerprint density at radius 3 is 2.83 bits per heavy atom. The predicted octanol–water partition coefficient (Wildman–Crippen LogP) is 1.83. The van der Waals surface area contributed by atoms with E-state index in [0.29, 0.717) is 9.76 Å². The van der Waals surface area contributed by atoms with Crippen molar-refractivity contribution in [3.63, 3.8) is 0 Å². The first-order chi connectivity index (χ1) is 11.0. The third-order valence-corrected chi connectivity index (χ3v) is 3.77. The fourth-order valence-electron chi connectivity index (χ4n) is 1.70. The first-order valence-electron chi connectivity index (χ1n) is 6.30. The van der Waals surface area contributed by atoms with Crippen molar-refractivity contribution >= 4 is 29.0 Å². The molecule has 0 saturated heterocycles. The number of anilines is 1. The van der Waals surface area contributed by atoms with Crippen LogP contribution in [0, 0.1) is 26.7 Å². The minimum absolute atomic E-state index is 0.00356. The maximum Gasteiger partial charge on any atom is 0.270 e. The van der Waals surface area contributed by atoms with Crippen LogP contribution in [-0.2, 0) is 4.79 Å². The van der Waals surface area contributed by atoms with Gasteiger partial charge in [-0.15, -0.1) is 0 Å². The maximum absolute atomic E-state index is 11.9. The van der Waals surface area contributed by atoms with Crippen molar-refractivity contribution in [3.8, 4) is 6.07 Å². The number of non-ortho nitro benzene ring substituents is 1. The Morgan fingerprint density at radius 2 is 2.17 bits per heavy atom. The van der Waals surface area contributed by atoms with Gasteiger partial charge in [0.05, 0.1) is 21.9 Å². The Kier molecular flexibility index (Phi) is 5.11. The number of carbonyl (C=O) groups is 1.